The Hall–Kier alpha value is -1.40. The van der Waals surface area contributed by atoms with Gasteiger partial charge in [0.2, 0.25) is 0 Å². The van der Waals surface area contributed by atoms with E-state index in [0.717, 1.165) is 23.2 Å². The predicted octanol–water partition coefficient (Wildman–Crippen LogP) is 3.00. The number of nitrogens with one attached hydrogen (secondary N) is 2. The number of hydrogen-bond donors (Lipinski definition) is 2. The van der Waals surface area contributed by atoms with Crippen molar-refractivity contribution in [3.63, 3.8) is 0 Å². The second-order valence-corrected chi connectivity index (χ2v) is 7.20. The van der Waals surface area contributed by atoms with Crippen LogP contribution in [0.15, 0.2) is 17.1 Å². The van der Waals surface area contributed by atoms with E-state index in [1.165, 1.54) is 14.6 Å². The minimum Gasteiger partial charge on any atom is -0.352 e. The molecule has 2 aromatic rings. The number of aryl methyl sites for hydroxylation is 3. The summed E-state index contributed by atoms with van der Waals surface area (Å²) in [6.45, 7) is 7.77. The molecule has 0 radical (unpaired) electrons. The summed E-state index contributed by atoms with van der Waals surface area (Å²) in [5.74, 6) is 0.807. The van der Waals surface area contributed by atoms with Gasteiger partial charge in [-0.1, -0.05) is 0 Å². The summed E-state index contributed by atoms with van der Waals surface area (Å²) < 4.78 is 0. The van der Waals surface area contributed by atoms with E-state index >= 15 is 0 Å². The van der Waals surface area contributed by atoms with Crippen LogP contribution in [0.4, 0.5) is 0 Å². The highest BCUT2D eigenvalue weighted by atomic mass is 32.1. The average Bonchev–Trinajstić information content (AvgIpc) is 2.97. The van der Waals surface area contributed by atoms with Gasteiger partial charge in [-0.25, -0.2) is 4.98 Å². The van der Waals surface area contributed by atoms with E-state index in [0.29, 0.717) is 6.54 Å². The van der Waals surface area contributed by atoms with Gasteiger partial charge in [-0.05, 0) is 32.9 Å². The summed E-state index contributed by atoms with van der Waals surface area (Å²) in [5, 5.41) is 7.70. The smallest absolute Gasteiger partial charge is 0.191 e. The van der Waals surface area contributed by atoms with Gasteiger partial charge in [0.25, 0.3) is 0 Å². The van der Waals surface area contributed by atoms with Gasteiger partial charge in [0.15, 0.2) is 5.96 Å². The van der Waals surface area contributed by atoms with Crippen molar-refractivity contribution in [3.8, 4) is 0 Å². The normalized spacial score (nSPS) is 11.7. The first kappa shape index (κ1) is 15.0. The van der Waals surface area contributed by atoms with Crippen LogP contribution in [0.25, 0.3) is 0 Å². The predicted molar refractivity (Wildman–Crippen MR) is 87.7 cm³/mol. The van der Waals surface area contributed by atoms with Gasteiger partial charge >= 0.3 is 0 Å². The molecule has 0 spiro atoms. The summed E-state index contributed by atoms with van der Waals surface area (Å²) >= 11 is 3.53. The van der Waals surface area contributed by atoms with Crippen molar-refractivity contribution < 1.29 is 0 Å². The van der Waals surface area contributed by atoms with Crippen molar-refractivity contribution in [3.05, 3.63) is 37.5 Å². The van der Waals surface area contributed by atoms with Gasteiger partial charge < -0.3 is 10.6 Å². The maximum Gasteiger partial charge on any atom is 0.191 e. The molecule has 6 heteroatoms. The molecule has 0 fully saturated rings. The molecule has 0 aliphatic carbocycles. The number of aromatic nitrogens is 1. The van der Waals surface area contributed by atoms with Crippen LogP contribution in [0.1, 0.15) is 25.3 Å². The molecule has 4 nitrogen and oxygen atoms in total. The molecule has 2 rings (SSSR count). The number of hydrogen-bond acceptors (Lipinski definition) is 4. The molecule has 0 atom stereocenters. The largest absolute Gasteiger partial charge is 0.352 e. The Bertz CT molecular complexity index is 579. The molecule has 0 saturated carbocycles. The van der Waals surface area contributed by atoms with Gasteiger partial charge in [0.1, 0.15) is 5.01 Å². The van der Waals surface area contributed by atoms with E-state index in [1.54, 1.807) is 29.7 Å². The summed E-state index contributed by atoms with van der Waals surface area (Å²) in [4.78, 5) is 12.7. The van der Waals surface area contributed by atoms with Crippen LogP contribution >= 0.6 is 22.7 Å². The number of rotatable bonds is 4. The van der Waals surface area contributed by atoms with Crippen molar-refractivity contribution in [2.75, 3.05) is 7.05 Å². The molecule has 0 aliphatic rings. The van der Waals surface area contributed by atoms with E-state index < -0.39 is 0 Å². The Balaban J connectivity index is 1.83. The van der Waals surface area contributed by atoms with Crippen molar-refractivity contribution in [1.82, 2.24) is 15.6 Å². The number of nitrogens with zero attached hydrogens (tertiary/aromatic N) is 2. The molecule has 2 aromatic heterocycles. The zero-order valence-electron chi connectivity index (χ0n) is 12.3. The molecular weight excluding hydrogens is 288 g/mol. The lowest BCUT2D eigenvalue weighted by molar-refractivity contribution is 0.809. The summed E-state index contributed by atoms with van der Waals surface area (Å²) in [7, 11) is 1.79. The molecule has 2 heterocycles. The van der Waals surface area contributed by atoms with Gasteiger partial charge in [-0.3, -0.25) is 4.99 Å². The molecule has 0 bridgehead atoms. The lowest BCUT2D eigenvalue weighted by Crippen LogP contribution is -2.36. The lowest BCUT2D eigenvalue weighted by atomic mass is 10.4. The molecule has 2 N–H and O–H groups in total. The fourth-order valence-electron chi connectivity index (χ4n) is 1.75. The van der Waals surface area contributed by atoms with E-state index in [2.05, 4.69) is 46.6 Å². The summed E-state index contributed by atoms with van der Waals surface area (Å²) in [6.07, 6.45) is 0. The molecule has 0 unspecified atom stereocenters. The van der Waals surface area contributed by atoms with Crippen LogP contribution in [0.3, 0.4) is 0 Å². The number of guanidine groups is 1. The first-order valence-electron chi connectivity index (χ1n) is 6.51. The van der Waals surface area contributed by atoms with Gasteiger partial charge in [-0.2, -0.15) is 0 Å². The zero-order chi connectivity index (χ0) is 14.5. The quantitative estimate of drug-likeness (QED) is 0.674. The van der Waals surface area contributed by atoms with Crippen LogP contribution in [0.2, 0.25) is 0 Å². The van der Waals surface area contributed by atoms with E-state index in [-0.39, 0.29) is 0 Å². The van der Waals surface area contributed by atoms with E-state index in [9.17, 15) is 0 Å². The molecule has 108 valence electrons. The van der Waals surface area contributed by atoms with Gasteiger partial charge in [-0.15, -0.1) is 22.7 Å². The first-order valence-corrected chi connectivity index (χ1v) is 8.14. The first-order chi connectivity index (χ1) is 9.58. The highest BCUT2D eigenvalue weighted by Gasteiger charge is 2.05. The molecule has 0 aromatic carbocycles. The standard InChI is InChI=1S/C14H20N4S2/c1-9-5-6-12(19-9)7-16-14(15-4)17-8-13-18-10(2)11(3)20-13/h5-6H,7-8H2,1-4H3,(H2,15,16,17). The minimum atomic E-state index is 0.711. The van der Waals surface area contributed by atoms with Crippen LogP contribution < -0.4 is 10.6 Å². The van der Waals surface area contributed by atoms with Crippen LogP contribution in [0.5, 0.6) is 0 Å². The second kappa shape index (κ2) is 6.85. The highest BCUT2D eigenvalue weighted by Crippen LogP contribution is 2.16. The summed E-state index contributed by atoms with van der Waals surface area (Å²) in [6, 6.07) is 4.28. The van der Waals surface area contributed by atoms with Crippen molar-refractivity contribution >= 4 is 28.6 Å². The second-order valence-electron chi connectivity index (χ2n) is 4.54. The Labute approximate surface area is 128 Å². The number of aliphatic imine (C=N–C) groups is 1. The maximum absolute atomic E-state index is 4.51. The van der Waals surface area contributed by atoms with Gasteiger partial charge in [0.05, 0.1) is 18.8 Å². The van der Waals surface area contributed by atoms with Crippen molar-refractivity contribution in [1.29, 1.82) is 0 Å². The van der Waals surface area contributed by atoms with Crippen LogP contribution in [-0.2, 0) is 13.1 Å². The third kappa shape index (κ3) is 4.05. The topological polar surface area (TPSA) is 49.3 Å². The third-order valence-electron chi connectivity index (χ3n) is 2.93. The van der Waals surface area contributed by atoms with Crippen molar-refractivity contribution in [2.24, 2.45) is 4.99 Å². The van der Waals surface area contributed by atoms with Crippen molar-refractivity contribution in [2.45, 2.75) is 33.9 Å². The highest BCUT2D eigenvalue weighted by molar-refractivity contribution is 7.12. The third-order valence-corrected chi connectivity index (χ3v) is 5.00. The summed E-state index contributed by atoms with van der Waals surface area (Å²) in [5.41, 5.74) is 1.11. The Kier molecular flexibility index (Phi) is 5.14. The lowest BCUT2D eigenvalue weighted by Gasteiger charge is -2.09. The molecule has 20 heavy (non-hydrogen) atoms. The Morgan fingerprint density at radius 1 is 1.15 bits per heavy atom. The maximum atomic E-state index is 4.51. The minimum absolute atomic E-state index is 0.711. The fraction of sp³-hybridized carbons (Fsp3) is 0.429. The van der Waals surface area contributed by atoms with Crippen LogP contribution in [-0.4, -0.2) is 18.0 Å². The fourth-order valence-corrected chi connectivity index (χ4v) is 3.45. The SMILES string of the molecule is CN=C(NCc1ccc(C)s1)NCc1nc(C)c(C)s1. The molecule has 0 saturated heterocycles. The van der Waals surface area contributed by atoms with E-state index in [4.69, 9.17) is 0 Å². The monoisotopic (exact) mass is 308 g/mol. The van der Waals surface area contributed by atoms with Gasteiger partial charge in [0, 0.05) is 21.7 Å². The number of thiazole rings is 1. The zero-order valence-corrected chi connectivity index (χ0v) is 13.9. The Morgan fingerprint density at radius 3 is 2.45 bits per heavy atom. The Morgan fingerprint density at radius 2 is 1.90 bits per heavy atom. The average molecular weight is 308 g/mol. The van der Waals surface area contributed by atoms with E-state index in [1.807, 2.05) is 6.92 Å². The molecular formula is C14H20N4S2. The molecule has 0 aliphatic heterocycles. The van der Waals surface area contributed by atoms with Crippen LogP contribution in [0, 0.1) is 20.8 Å². The number of thiophene rings is 1. The molecule has 0 amide bonds.